The fourth-order valence-corrected chi connectivity index (χ4v) is 5.82. The van der Waals surface area contributed by atoms with Gasteiger partial charge in [-0.15, -0.1) is 0 Å². The minimum Gasteiger partial charge on any atom is -0.444 e. The molecule has 0 spiro atoms. The summed E-state index contributed by atoms with van der Waals surface area (Å²) in [4.78, 5) is 29.9. The number of hydrogen-bond donors (Lipinski definition) is 0. The van der Waals surface area contributed by atoms with Gasteiger partial charge in [0.15, 0.2) is 11.9 Å². The fourth-order valence-electron chi connectivity index (χ4n) is 4.38. The lowest BCUT2D eigenvalue weighted by Gasteiger charge is -2.33. The molecular formula is C25H28FN3O5S. The van der Waals surface area contributed by atoms with Crippen LogP contribution >= 0.6 is 0 Å². The van der Waals surface area contributed by atoms with E-state index in [1.807, 2.05) is 6.92 Å². The minimum absolute atomic E-state index is 0.00125. The molecule has 0 unspecified atom stereocenters. The predicted molar refractivity (Wildman–Crippen MR) is 129 cm³/mol. The summed E-state index contributed by atoms with van der Waals surface area (Å²) in [7, 11) is -4.15. The molecule has 3 aromatic rings. The smallest absolute Gasteiger partial charge is 0.410 e. The first-order chi connectivity index (χ1) is 16.4. The lowest BCUT2D eigenvalue weighted by Crippen LogP contribution is -2.41. The van der Waals surface area contributed by atoms with Crippen LogP contribution in [0.15, 0.2) is 41.4 Å². The molecule has 0 bridgehead atoms. The van der Waals surface area contributed by atoms with E-state index in [4.69, 9.17) is 4.74 Å². The molecule has 2 aromatic heterocycles. The Kier molecular flexibility index (Phi) is 6.44. The molecule has 0 atom stereocenters. The molecule has 1 aliphatic rings. The van der Waals surface area contributed by atoms with Crippen molar-refractivity contribution in [1.29, 1.82) is 0 Å². The Morgan fingerprint density at radius 1 is 1.17 bits per heavy atom. The summed E-state index contributed by atoms with van der Waals surface area (Å²) >= 11 is 0. The number of likely N-dealkylation sites (tertiary alicyclic amines) is 1. The van der Waals surface area contributed by atoms with Crippen LogP contribution in [0.5, 0.6) is 0 Å². The Labute approximate surface area is 203 Å². The highest BCUT2D eigenvalue weighted by atomic mass is 32.2. The number of aromatic nitrogens is 2. The molecule has 186 valence electrons. The number of carbonyl (C=O) groups is 2. The van der Waals surface area contributed by atoms with Crippen molar-refractivity contribution in [3.05, 3.63) is 59.2 Å². The number of amides is 1. The van der Waals surface area contributed by atoms with Crippen LogP contribution in [0.25, 0.3) is 11.0 Å². The molecule has 0 aliphatic carbocycles. The van der Waals surface area contributed by atoms with Crippen molar-refractivity contribution in [2.24, 2.45) is 0 Å². The summed E-state index contributed by atoms with van der Waals surface area (Å²) < 4.78 is 48.2. The van der Waals surface area contributed by atoms with Crippen molar-refractivity contribution in [3.8, 4) is 0 Å². The van der Waals surface area contributed by atoms with E-state index in [-0.39, 0.29) is 27.5 Å². The maximum absolute atomic E-state index is 15.1. The number of benzene rings is 1. The number of nitrogens with zero attached hydrogens (tertiary/aromatic N) is 3. The van der Waals surface area contributed by atoms with Gasteiger partial charge < -0.3 is 9.64 Å². The van der Waals surface area contributed by atoms with Crippen molar-refractivity contribution in [1.82, 2.24) is 13.9 Å². The average molecular weight is 502 g/mol. The number of rotatable bonds is 4. The van der Waals surface area contributed by atoms with E-state index >= 15 is 4.39 Å². The van der Waals surface area contributed by atoms with Crippen LogP contribution in [-0.2, 0) is 14.8 Å². The maximum atomic E-state index is 15.1. The fraction of sp³-hybridized carbons (Fsp3) is 0.400. The van der Waals surface area contributed by atoms with Crippen LogP contribution in [0.3, 0.4) is 0 Å². The highest BCUT2D eigenvalue weighted by molar-refractivity contribution is 7.90. The molecule has 1 aromatic carbocycles. The number of pyridine rings is 1. The second-order valence-electron chi connectivity index (χ2n) is 9.77. The molecule has 35 heavy (non-hydrogen) atoms. The zero-order chi connectivity index (χ0) is 25.5. The minimum atomic E-state index is -4.15. The monoisotopic (exact) mass is 501 g/mol. The van der Waals surface area contributed by atoms with Crippen molar-refractivity contribution < 1.29 is 27.1 Å². The topological polar surface area (TPSA) is 98.6 Å². The number of aldehydes is 1. The van der Waals surface area contributed by atoms with Crippen LogP contribution in [0.1, 0.15) is 61.1 Å². The molecule has 0 saturated carbocycles. The van der Waals surface area contributed by atoms with E-state index in [9.17, 15) is 18.0 Å². The highest BCUT2D eigenvalue weighted by Crippen LogP contribution is 2.37. The van der Waals surface area contributed by atoms with Gasteiger partial charge in [0.1, 0.15) is 11.4 Å². The van der Waals surface area contributed by atoms with Gasteiger partial charge in [-0.25, -0.2) is 26.6 Å². The summed E-state index contributed by atoms with van der Waals surface area (Å²) in [5.74, 6) is -0.854. The first kappa shape index (κ1) is 24.8. The Balaban J connectivity index is 1.72. The molecular weight excluding hydrogens is 473 g/mol. The third-order valence-corrected chi connectivity index (χ3v) is 7.77. The number of aryl methyl sites for hydroxylation is 1. The van der Waals surface area contributed by atoms with E-state index in [2.05, 4.69) is 4.98 Å². The predicted octanol–water partition coefficient (Wildman–Crippen LogP) is 4.65. The van der Waals surface area contributed by atoms with E-state index < -0.39 is 27.5 Å². The van der Waals surface area contributed by atoms with Crippen molar-refractivity contribution in [3.63, 3.8) is 0 Å². The molecule has 1 amide bonds. The van der Waals surface area contributed by atoms with Gasteiger partial charge in [0.2, 0.25) is 0 Å². The summed E-state index contributed by atoms with van der Waals surface area (Å²) in [6.45, 7) is 7.95. The second-order valence-corrected chi connectivity index (χ2v) is 11.6. The molecule has 0 N–H and O–H groups in total. The SMILES string of the molecule is Cc1ccc(S(=O)(=O)n2c(C=O)cc3c(C4CCN(C(=O)OC(C)(C)C)CC4)c(F)cnc32)cc1. The zero-order valence-corrected chi connectivity index (χ0v) is 20.9. The number of carbonyl (C=O) groups excluding carboxylic acids is 2. The van der Waals surface area contributed by atoms with Gasteiger partial charge in [-0.2, -0.15) is 0 Å². The summed E-state index contributed by atoms with van der Waals surface area (Å²) in [6, 6.07) is 7.62. The first-order valence-corrected chi connectivity index (χ1v) is 12.8. The van der Waals surface area contributed by atoms with Gasteiger partial charge in [-0.05, 0) is 64.7 Å². The van der Waals surface area contributed by atoms with Crippen molar-refractivity contribution in [2.75, 3.05) is 13.1 Å². The number of piperidine rings is 1. The highest BCUT2D eigenvalue weighted by Gasteiger charge is 2.32. The molecule has 3 heterocycles. The average Bonchev–Trinajstić information content (AvgIpc) is 3.18. The van der Waals surface area contributed by atoms with Gasteiger partial charge >= 0.3 is 6.09 Å². The lowest BCUT2D eigenvalue weighted by atomic mass is 9.88. The van der Waals surface area contributed by atoms with Crippen LogP contribution in [0, 0.1) is 12.7 Å². The summed E-state index contributed by atoms with van der Waals surface area (Å²) in [5.41, 5.74) is 0.440. The molecule has 10 heteroatoms. The van der Waals surface area contributed by atoms with Gasteiger partial charge in [0.05, 0.1) is 16.8 Å². The third-order valence-electron chi connectivity index (χ3n) is 6.04. The number of ether oxygens (including phenoxy) is 1. The maximum Gasteiger partial charge on any atom is 0.410 e. The number of halogens is 1. The Hall–Kier alpha value is -3.27. The largest absolute Gasteiger partial charge is 0.444 e. The van der Waals surface area contributed by atoms with Crippen LogP contribution in [0.4, 0.5) is 9.18 Å². The second kappa shape index (κ2) is 9.07. The van der Waals surface area contributed by atoms with E-state index in [0.717, 1.165) is 15.7 Å². The summed E-state index contributed by atoms with van der Waals surface area (Å²) in [5, 5.41) is 0.276. The van der Waals surface area contributed by atoms with Gasteiger partial charge in [-0.1, -0.05) is 17.7 Å². The van der Waals surface area contributed by atoms with E-state index in [1.165, 1.54) is 18.2 Å². The van der Waals surface area contributed by atoms with Crippen LogP contribution in [0.2, 0.25) is 0 Å². The van der Waals surface area contributed by atoms with Gasteiger partial charge in [0, 0.05) is 24.0 Å². The summed E-state index contributed by atoms with van der Waals surface area (Å²) in [6.07, 6.45) is 1.92. The van der Waals surface area contributed by atoms with Crippen molar-refractivity contribution in [2.45, 2.75) is 57.0 Å². The van der Waals surface area contributed by atoms with E-state index in [1.54, 1.807) is 37.8 Å². The molecule has 0 radical (unpaired) electrons. The standard InChI is InChI=1S/C25H28FN3O5S/c1-16-5-7-19(8-6-16)35(32,33)29-18(15-30)13-20-22(21(26)14-27-23(20)29)17-9-11-28(12-10-17)24(31)34-25(2,3)4/h5-8,13-15,17H,9-12H2,1-4H3. The van der Waals surface area contributed by atoms with Gasteiger partial charge in [-0.3, -0.25) is 4.79 Å². The quantitative estimate of drug-likeness (QED) is 0.483. The normalized spacial score (nSPS) is 15.4. The molecule has 1 aliphatic heterocycles. The molecule has 1 saturated heterocycles. The first-order valence-electron chi connectivity index (χ1n) is 11.4. The van der Waals surface area contributed by atoms with Crippen LogP contribution < -0.4 is 0 Å². The zero-order valence-electron chi connectivity index (χ0n) is 20.1. The van der Waals surface area contributed by atoms with Gasteiger partial charge in [0.25, 0.3) is 10.0 Å². The third kappa shape index (κ3) is 4.80. The van der Waals surface area contributed by atoms with Crippen LogP contribution in [-0.4, -0.2) is 53.3 Å². The number of fused-ring (bicyclic) bond motifs is 1. The Morgan fingerprint density at radius 3 is 2.37 bits per heavy atom. The van der Waals surface area contributed by atoms with Crippen molar-refractivity contribution >= 4 is 33.4 Å². The number of hydrogen-bond acceptors (Lipinski definition) is 6. The molecule has 8 nitrogen and oxygen atoms in total. The molecule has 4 rings (SSSR count). The lowest BCUT2D eigenvalue weighted by molar-refractivity contribution is 0.0204. The Morgan fingerprint density at radius 2 is 1.80 bits per heavy atom. The Bertz CT molecular complexity index is 1380. The molecule has 1 fully saturated rings. The van der Waals surface area contributed by atoms with E-state index in [0.29, 0.717) is 37.8 Å².